The number of carbonyl (C=O) groups excluding carboxylic acids is 4. The molecule has 1 aromatic carbocycles. The summed E-state index contributed by atoms with van der Waals surface area (Å²) in [5.74, 6) is -2.87. The summed E-state index contributed by atoms with van der Waals surface area (Å²) in [5, 5.41) is 10.9. The van der Waals surface area contributed by atoms with Gasteiger partial charge >= 0.3 is 23.9 Å². The van der Waals surface area contributed by atoms with E-state index < -0.39 is 66.1 Å². The van der Waals surface area contributed by atoms with Gasteiger partial charge in [-0.15, -0.1) is 0 Å². The minimum atomic E-state index is -1.42. The topological polar surface area (TPSA) is 167 Å². The maximum Gasteiger partial charge on any atom is 0.303 e. The first-order valence-electron chi connectivity index (χ1n) is 9.69. The number of nitrogens with zero attached hydrogens (tertiary/aromatic N) is 1. The van der Waals surface area contributed by atoms with Crippen LogP contribution >= 0.6 is 0 Å². The van der Waals surface area contributed by atoms with E-state index in [1.807, 2.05) is 0 Å². The quantitative estimate of drug-likeness (QED) is 0.230. The smallest absolute Gasteiger partial charge is 0.303 e. The van der Waals surface area contributed by atoms with Gasteiger partial charge in [-0.05, 0) is 12.1 Å². The molecular weight excluding hydrogens is 446 g/mol. The lowest BCUT2D eigenvalue weighted by molar-refractivity contribution is -0.384. The normalized spacial score (nSPS) is 24.2. The number of rotatable bonds is 8. The van der Waals surface area contributed by atoms with Gasteiger partial charge in [-0.25, -0.2) is 0 Å². The SMILES string of the molecule is CC(=O)OCC1O[C@H](Oc2ccc([N+](=O)[O-])cc2)C(OC(C)=O)C(OC(C)=O)[C@@H]1OC(C)=O. The number of benzene rings is 1. The second-order valence-corrected chi connectivity index (χ2v) is 6.94. The highest BCUT2D eigenvalue weighted by molar-refractivity contribution is 5.68. The summed E-state index contributed by atoms with van der Waals surface area (Å²) in [6.45, 7) is 4.05. The first kappa shape index (κ1) is 25.5. The number of carbonyl (C=O) groups is 4. The van der Waals surface area contributed by atoms with Gasteiger partial charge in [0.25, 0.3) is 5.69 Å². The maximum atomic E-state index is 11.8. The fraction of sp³-hybridized carbons (Fsp3) is 0.500. The standard InChI is InChI=1S/C20H23NO12/c1-10(22)28-9-16-17(29-11(2)23)18(30-12(3)24)19(31-13(4)25)20(33-16)32-15-7-5-14(6-8-15)21(26)27/h5-8,16-20H,9H2,1-4H3/t16?,17-,18?,19?,20+/m1/s1. The first-order chi connectivity index (χ1) is 15.5. The number of nitro groups is 1. The van der Waals surface area contributed by atoms with Crippen molar-refractivity contribution in [2.24, 2.45) is 0 Å². The fourth-order valence-electron chi connectivity index (χ4n) is 3.06. The van der Waals surface area contributed by atoms with Gasteiger partial charge in [0.15, 0.2) is 12.2 Å². The third-order valence-corrected chi connectivity index (χ3v) is 4.25. The van der Waals surface area contributed by atoms with Crippen LogP contribution in [0.2, 0.25) is 0 Å². The lowest BCUT2D eigenvalue weighted by atomic mass is 9.98. The van der Waals surface area contributed by atoms with E-state index in [2.05, 4.69) is 0 Å². The zero-order chi connectivity index (χ0) is 24.7. The molecule has 33 heavy (non-hydrogen) atoms. The molecule has 13 nitrogen and oxygen atoms in total. The summed E-state index contributed by atoms with van der Waals surface area (Å²) in [4.78, 5) is 56.8. The van der Waals surface area contributed by atoms with Gasteiger partial charge in [0.1, 0.15) is 18.5 Å². The molecule has 1 aliphatic rings. The van der Waals surface area contributed by atoms with Gasteiger partial charge in [-0.3, -0.25) is 29.3 Å². The second kappa shape index (κ2) is 11.2. The zero-order valence-electron chi connectivity index (χ0n) is 18.2. The van der Waals surface area contributed by atoms with Crippen molar-refractivity contribution in [1.29, 1.82) is 0 Å². The Kier molecular flexibility index (Phi) is 8.68. The highest BCUT2D eigenvalue weighted by Gasteiger charge is 2.53. The van der Waals surface area contributed by atoms with E-state index in [0.717, 1.165) is 27.7 Å². The number of nitro benzene ring substituents is 1. The van der Waals surface area contributed by atoms with Crippen molar-refractivity contribution in [2.75, 3.05) is 6.61 Å². The molecule has 1 aromatic rings. The minimum Gasteiger partial charge on any atom is -0.463 e. The Morgan fingerprint density at radius 3 is 1.85 bits per heavy atom. The van der Waals surface area contributed by atoms with Crippen LogP contribution in [0.25, 0.3) is 0 Å². The number of ether oxygens (including phenoxy) is 6. The summed E-state index contributed by atoms with van der Waals surface area (Å²) in [5.41, 5.74) is -0.191. The molecule has 13 heteroatoms. The number of hydrogen-bond acceptors (Lipinski definition) is 12. The molecule has 1 fully saturated rings. The van der Waals surface area contributed by atoms with Crippen molar-refractivity contribution in [1.82, 2.24) is 0 Å². The van der Waals surface area contributed by atoms with E-state index in [0.29, 0.717) is 0 Å². The first-order valence-corrected chi connectivity index (χ1v) is 9.69. The molecule has 1 aliphatic heterocycles. The molecule has 1 heterocycles. The molecule has 0 spiro atoms. The van der Waals surface area contributed by atoms with E-state index in [9.17, 15) is 29.3 Å². The Labute approximate surface area is 188 Å². The van der Waals surface area contributed by atoms with E-state index in [1.54, 1.807) is 0 Å². The Bertz CT molecular complexity index is 899. The molecule has 3 unspecified atom stereocenters. The average molecular weight is 469 g/mol. The number of esters is 4. The van der Waals surface area contributed by atoms with Crippen molar-refractivity contribution in [3.63, 3.8) is 0 Å². The molecule has 0 N–H and O–H groups in total. The molecule has 0 bridgehead atoms. The van der Waals surface area contributed by atoms with E-state index in [-0.39, 0.29) is 11.4 Å². The van der Waals surface area contributed by atoms with E-state index >= 15 is 0 Å². The Balaban J connectivity index is 2.43. The van der Waals surface area contributed by atoms with Crippen LogP contribution in [0, 0.1) is 10.1 Å². The summed E-state index contributed by atoms with van der Waals surface area (Å²) in [6, 6.07) is 4.93. The van der Waals surface area contributed by atoms with E-state index in [1.165, 1.54) is 24.3 Å². The molecule has 180 valence electrons. The van der Waals surface area contributed by atoms with Crippen LogP contribution in [0.5, 0.6) is 5.75 Å². The lowest BCUT2D eigenvalue weighted by Gasteiger charge is -2.43. The van der Waals surface area contributed by atoms with Gasteiger partial charge in [-0.1, -0.05) is 0 Å². The third-order valence-electron chi connectivity index (χ3n) is 4.25. The van der Waals surface area contributed by atoms with Crippen molar-refractivity contribution >= 4 is 29.6 Å². The van der Waals surface area contributed by atoms with Crippen LogP contribution < -0.4 is 4.74 Å². The Morgan fingerprint density at radius 2 is 1.36 bits per heavy atom. The summed E-state index contributed by atoms with van der Waals surface area (Å²) in [6.07, 6.45) is -6.69. The lowest BCUT2D eigenvalue weighted by Crippen LogP contribution is -2.63. The summed E-state index contributed by atoms with van der Waals surface area (Å²) in [7, 11) is 0. The van der Waals surface area contributed by atoms with Crippen LogP contribution in [0.15, 0.2) is 24.3 Å². The molecule has 0 amide bonds. The molecule has 0 aromatic heterocycles. The number of hydrogen-bond donors (Lipinski definition) is 0. The maximum absolute atomic E-state index is 11.8. The predicted octanol–water partition coefficient (Wildman–Crippen LogP) is 1.06. The second-order valence-electron chi connectivity index (χ2n) is 6.94. The molecule has 2 rings (SSSR count). The van der Waals surface area contributed by atoms with Crippen LogP contribution in [0.1, 0.15) is 27.7 Å². The van der Waals surface area contributed by atoms with Gasteiger partial charge in [0.2, 0.25) is 12.4 Å². The number of non-ortho nitro benzene ring substituents is 1. The van der Waals surface area contributed by atoms with E-state index in [4.69, 9.17) is 28.4 Å². The summed E-state index contributed by atoms with van der Waals surface area (Å²) < 4.78 is 32.3. The van der Waals surface area contributed by atoms with Crippen molar-refractivity contribution in [3.05, 3.63) is 34.4 Å². The Hall–Kier alpha value is -3.74. The molecule has 1 saturated heterocycles. The third kappa shape index (κ3) is 7.42. The highest BCUT2D eigenvalue weighted by atomic mass is 16.7. The molecule has 0 radical (unpaired) electrons. The zero-order valence-corrected chi connectivity index (χ0v) is 18.2. The van der Waals surface area contributed by atoms with Crippen LogP contribution in [-0.4, -0.2) is 66.1 Å². The largest absolute Gasteiger partial charge is 0.463 e. The van der Waals surface area contributed by atoms with Crippen LogP contribution in [0.4, 0.5) is 5.69 Å². The van der Waals surface area contributed by atoms with Gasteiger partial charge < -0.3 is 28.4 Å². The van der Waals surface area contributed by atoms with Crippen LogP contribution in [0.3, 0.4) is 0 Å². The average Bonchev–Trinajstić information content (AvgIpc) is 2.70. The van der Waals surface area contributed by atoms with Gasteiger partial charge in [-0.2, -0.15) is 0 Å². The molecule has 0 aliphatic carbocycles. The summed E-state index contributed by atoms with van der Waals surface area (Å²) >= 11 is 0. The molecule has 0 saturated carbocycles. The molecule has 5 atom stereocenters. The predicted molar refractivity (Wildman–Crippen MR) is 106 cm³/mol. The monoisotopic (exact) mass is 469 g/mol. The fourth-order valence-corrected chi connectivity index (χ4v) is 3.06. The van der Waals surface area contributed by atoms with Gasteiger partial charge in [0.05, 0.1) is 4.92 Å². The van der Waals surface area contributed by atoms with Crippen molar-refractivity contribution < 1.29 is 52.5 Å². The Morgan fingerprint density at radius 1 is 0.848 bits per heavy atom. The van der Waals surface area contributed by atoms with Crippen LogP contribution in [-0.2, 0) is 42.9 Å². The molecular formula is C20H23NO12. The highest BCUT2D eigenvalue weighted by Crippen LogP contribution is 2.31. The van der Waals surface area contributed by atoms with Gasteiger partial charge in [0, 0.05) is 39.8 Å². The van der Waals surface area contributed by atoms with Crippen molar-refractivity contribution in [2.45, 2.75) is 58.4 Å². The minimum absolute atomic E-state index is 0.0986. The van der Waals surface area contributed by atoms with Crippen molar-refractivity contribution in [3.8, 4) is 5.75 Å².